The number of pyridine rings is 1. The van der Waals surface area contributed by atoms with Gasteiger partial charge in [-0.2, -0.15) is 13.2 Å². The van der Waals surface area contributed by atoms with Crippen LogP contribution in [0.3, 0.4) is 0 Å². The number of carbonyl (C=O) groups excluding carboxylic acids is 2. The zero-order chi connectivity index (χ0) is 30.8. The predicted molar refractivity (Wildman–Crippen MR) is 159 cm³/mol. The Balaban J connectivity index is 1.02. The molecule has 2 fully saturated rings. The van der Waals surface area contributed by atoms with Crippen LogP contribution in [0, 0.1) is 0 Å². The van der Waals surface area contributed by atoms with Crippen molar-refractivity contribution in [3.8, 4) is 5.75 Å². The maximum Gasteiger partial charge on any atom is 0.416 e. The highest BCUT2D eigenvalue weighted by Gasteiger charge is 2.31. The van der Waals surface area contributed by atoms with Crippen LogP contribution in [0.4, 0.5) is 18.9 Å². The molecule has 0 atom stereocenters. The van der Waals surface area contributed by atoms with Crippen LogP contribution in [0.5, 0.6) is 5.75 Å². The number of aromatic nitrogens is 1. The number of furan rings is 1. The van der Waals surface area contributed by atoms with Gasteiger partial charge in [0.15, 0.2) is 5.76 Å². The average Bonchev–Trinajstić information content (AvgIpc) is 3.48. The molecule has 0 N–H and O–H groups in total. The Kier molecular flexibility index (Phi) is 8.20. The molecule has 11 heteroatoms. The molecule has 0 saturated carbocycles. The van der Waals surface area contributed by atoms with Crippen LogP contribution < -0.4 is 9.64 Å². The van der Waals surface area contributed by atoms with Gasteiger partial charge in [-0.25, -0.2) is 0 Å². The van der Waals surface area contributed by atoms with Gasteiger partial charge in [-0.15, -0.1) is 0 Å². The maximum absolute atomic E-state index is 13.3. The SMILES string of the molecule is CN(C(=O)c1cc2cc(OC3CCN(c4ccc(C(F)(F)F)cc4)CC3)ccc2o1)C1CCN(C(=O)c2ccncc2)CC1. The van der Waals surface area contributed by atoms with Crippen molar-refractivity contribution in [3.05, 3.63) is 89.9 Å². The summed E-state index contributed by atoms with van der Waals surface area (Å²) in [5, 5.41) is 0.763. The topological polar surface area (TPSA) is 79.1 Å². The van der Waals surface area contributed by atoms with Gasteiger partial charge < -0.3 is 23.9 Å². The average molecular weight is 607 g/mol. The number of benzene rings is 2. The minimum atomic E-state index is -4.35. The highest BCUT2D eigenvalue weighted by molar-refractivity contribution is 5.96. The zero-order valence-corrected chi connectivity index (χ0v) is 24.3. The number of amides is 2. The Labute approximate surface area is 253 Å². The lowest BCUT2D eigenvalue weighted by Crippen LogP contribution is -2.47. The van der Waals surface area contributed by atoms with Crippen LogP contribution in [0.2, 0.25) is 0 Å². The first-order valence-corrected chi connectivity index (χ1v) is 14.7. The largest absolute Gasteiger partial charge is 0.490 e. The van der Waals surface area contributed by atoms with Crippen LogP contribution in [-0.2, 0) is 6.18 Å². The third-order valence-electron chi connectivity index (χ3n) is 8.55. The number of alkyl halides is 3. The Morgan fingerprint density at radius 1 is 0.909 bits per heavy atom. The fourth-order valence-electron chi connectivity index (χ4n) is 5.96. The number of halogens is 3. The Morgan fingerprint density at radius 2 is 1.59 bits per heavy atom. The highest BCUT2D eigenvalue weighted by Crippen LogP contribution is 2.32. The van der Waals surface area contributed by atoms with Crippen LogP contribution >= 0.6 is 0 Å². The van der Waals surface area contributed by atoms with Gasteiger partial charge >= 0.3 is 6.18 Å². The first-order valence-electron chi connectivity index (χ1n) is 14.7. The summed E-state index contributed by atoms with van der Waals surface area (Å²) in [4.78, 5) is 35.6. The minimum absolute atomic E-state index is 0.00969. The molecular weight excluding hydrogens is 573 g/mol. The van der Waals surface area contributed by atoms with E-state index in [1.165, 1.54) is 12.1 Å². The lowest BCUT2D eigenvalue weighted by Gasteiger charge is -2.36. The first-order chi connectivity index (χ1) is 21.2. The van der Waals surface area contributed by atoms with Crippen LogP contribution in [0.15, 0.2) is 77.5 Å². The van der Waals surface area contributed by atoms with Crippen LogP contribution in [0.25, 0.3) is 11.0 Å². The summed E-state index contributed by atoms with van der Waals surface area (Å²) < 4.78 is 50.8. The molecule has 0 unspecified atom stereocenters. The number of carbonyl (C=O) groups is 2. The second-order valence-corrected chi connectivity index (χ2v) is 11.3. The Morgan fingerprint density at radius 3 is 2.25 bits per heavy atom. The summed E-state index contributed by atoms with van der Waals surface area (Å²) in [5.41, 5.74) is 1.31. The molecule has 8 nitrogen and oxygen atoms in total. The molecule has 0 radical (unpaired) electrons. The zero-order valence-electron chi connectivity index (χ0n) is 24.3. The first kappa shape index (κ1) is 29.5. The predicted octanol–water partition coefficient (Wildman–Crippen LogP) is 6.27. The van der Waals surface area contributed by atoms with Crippen molar-refractivity contribution in [2.45, 2.75) is 44.0 Å². The third kappa shape index (κ3) is 6.36. The molecule has 0 aliphatic carbocycles. The molecule has 2 amide bonds. The smallest absolute Gasteiger partial charge is 0.416 e. The number of hydrogen-bond acceptors (Lipinski definition) is 6. The van der Waals surface area contributed by atoms with Gasteiger partial charge in [0.25, 0.3) is 11.8 Å². The van der Waals surface area contributed by atoms with Crippen molar-refractivity contribution < 1.29 is 31.9 Å². The van der Waals surface area contributed by atoms with Gasteiger partial charge in [-0.05, 0) is 73.5 Å². The Bertz CT molecular complexity index is 1610. The van der Waals surface area contributed by atoms with Gasteiger partial charge in [-0.3, -0.25) is 14.6 Å². The molecule has 0 bridgehead atoms. The van der Waals surface area contributed by atoms with Gasteiger partial charge in [0.05, 0.1) is 5.56 Å². The lowest BCUT2D eigenvalue weighted by atomic mass is 10.0. The van der Waals surface area contributed by atoms with E-state index in [0.717, 1.165) is 36.0 Å². The molecule has 0 spiro atoms. The van der Waals surface area contributed by atoms with E-state index in [2.05, 4.69) is 9.88 Å². The second-order valence-electron chi connectivity index (χ2n) is 11.3. The van der Waals surface area contributed by atoms with Gasteiger partial charge in [0.2, 0.25) is 0 Å². The summed E-state index contributed by atoms with van der Waals surface area (Å²) in [6.07, 6.45) is 1.64. The second kappa shape index (κ2) is 12.2. The van der Waals surface area contributed by atoms with E-state index in [1.54, 1.807) is 48.6 Å². The molecule has 2 aliphatic rings. The van der Waals surface area contributed by atoms with Gasteiger partial charge in [0.1, 0.15) is 17.4 Å². The summed E-state index contributed by atoms with van der Waals surface area (Å²) >= 11 is 0. The molecule has 2 aliphatic heterocycles. The van der Waals surface area contributed by atoms with E-state index in [4.69, 9.17) is 9.15 Å². The molecular formula is C33H33F3N4O4. The maximum atomic E-state index is 13.3. The molecule has 6 rings (SSSR count). The van der Waals surface area contributed by atoms with Crippen molar-refractivity contribution in [1.29, 1.82) is 0 Å². The van der Waals surface area contributed by atoms with Crippen molar-refractivity contribution in [2.24, 2.45) is 0 Å². The number of fused-ring (bicyclic) bond motifs is 1. The van der Waals surface area contributed by atoms with E-state index >= 15 is 0 Å². The van der Waals surface area contributed by atoms with Crippen molar-refractivity contribution in [1.82, 2.24) is 14.8 Å². The number of nitrogens with zero attached hydrogens (tertiary/aromatic N) is 4. The number of hydrogen-bond donors (Lipinski definition) is 0. The molecule has 2 saturated heterocycles. The van der Waals surface area contributed by atoms with Gasteiger partial charge in [0, 0.05) is 81.1 Å². The van der Waals surface area contributed by atoms with E-state index in [0.29, 0.717) is 55.9 Å². The molecule has 4 aromatic rings. The van der Waals surface area contributed by atoms with Crippen molar-refractivity contribution in [2.75, 3.05) is 38.1 Å². The fraction of sp³-hybridized carbons (Fsp3) is 0.364. The fourth-order valence-corrected chi connectivity index (χ4v) is 5.96. The number of rotatable bonds is 6. The van der Waals surface area contributed by atoms with E-state index in [-0.39, 0.29) is 29.7 Å². The van der Waals surface area contributed by atoms with E-state index in [1.807, 2.05) is 17.0 Å². The molecule has 230 valence electrons. The standard InChI is InChI=1S/C33H33F3N4O4/c1-38(25-10-16-40(17-11-25)31(41)22-8-14-37-15-9-22)32(42)30-21-23-20-28(6-7-29(23)44-30)43-27-12-18-39(19-13-27)26-4-2-24(3-5-26)33(34,35)36/h2-9,14-15,20-21,25,27H,10-13,16-19H2,1H3. The summed E-state index contributed by atoms with van der Waals surface area (Å²) in [6.45, 7) is 2.47. The normalized spacial score (nSPS) is 16.7. The summed E-state index contributed by atoms with van der Waals surface area (Å²) in [6, 6.07) is 15.9. The molecule has 44 heavy (non-hydrogen) atoms. The molecule has 4 heterocycles. The number of likely N-dealkylation sites (tertiary alicyclic amines) is 1. The van der Waals surface area contributed by atoms with E-state index in [9.17, 15) is 22.8 Å². The Hall–Kier alpha value is -4.54. The molecule has 2 aromatic carbocycles. The quantitative estimate of drug-likeness (QED) is 0.258. The van der Waals surface area contributed by atoms with Crippen molar-refractivity contribution >= 4 is 28.5 Å². The summed E-state index contributed by atoms with van der Waals surface area (Å²) in [5.74, 6) is 0.683. The minimum Gasteiger partial charge on any atom is -0.490 e. The molecule has 2 aromatic heterocycles. The number of ether oxygens (including phenoxy) is 1. The lowest BCUT2D eigenvalue weighted by molar-refractivity contribution is -0.137. The highest BCUT2D eigenvalue weighted by atomic mass is 19.4. The number of anilines is 1. The summed E-state index contributed by atoms with van der Waals surface area (Å²) in [7, 11) is 1.77. The van der Waals surface area contributed by atoms with Crippen molar-refractivity contribution in [3.63, 3.8) is 0 Å². The third-order valence-corrected chi connectivity index (χ3v) is 8.55. The van der Waals surface area contributed by atoms with Gasteiger partial charge in [-0.1, -0.05) is 0 Å². The van der Waals surface area contributed by atoms with Crippen LogP contribution in [0.1, 0.15) is 52.2 Å². The van der Waals surface area contributed by atoms with Crippen LogP contribution in [-0.4, -0.2) is 72.0 Å². The monoisotopic (exact) mass is 606 g/mol. The van der Waals surface area contributed by atoms with E-state index < -0.39 is 11.7 Å². The number of piperidine rings is 2.